The van der Waals surface area contributed by atoms with Crippen LogP contribution < -0.4 is 5.32 Å². The van der Waals surface area contributed by atoms with Crippen molar-refractivity contribution in [1.82, 2.24) is 15.2 Å². The molecule has 2 aromatic rings. The largest absolute Gasteiger partial charge is 0.429 e. The molecular formula is C17H21N3O3S. The Bertz CT molecular complexity index is 826. The van der Waals surface area contributed by atoms with Crippen molar-refractivity contribution in [3.63, 3.8) is 0 Å². The van der Waals surface area contributed by atoms with E-state index >= 15 is 0 Å². The Hall–Kier alpha value is -2.15. The molecule has 1 fully saturated rings. The molecular weight excluding hydrogens is 326 g/mol. The van der Waals surface area contributed by atoms with Crippen molar-refractivity contribution in [1.29, 1.82) is 0 Å². The van der Waals surface area contributed by atoms with Crippen LogP contribution in [0, 0.1) is 4.84 Å². The molecule has 1 aromatic carbocycles. The van der Waals surface area contributed by atoms with Crippen LogP contribution in [0.5, 0.6) is 0 Å². The Kier molecular flexibility index (Phi) is 4.71. The van der Waals surface area contributed by atoms with Crippen molar-refractivity contribution in [2.24, 2.45) is 0 Å². The minimum Gasteiger partial charge on any atom is -0.429 e. The van der Waals surface area contributed by atoms with Crippen LogP contribution in [0.25, 0.3) is 11.1 Å². The van der Waals surface area contributed by atoms with Crippen molar-refractivity contribution in [2.75, 3.05) is 6.54 Å². The van der Waals surface area contributed by atoms with E-state index < -0.39 is 6.04 Å². The van der Waals surface area contributed by atoms with Gasteiger partial charge < -0.3 is 19.6 Å². The number of H-pyrrole nitrogens is 1. The van der Waals surface area contributed by atoms with Gasteiger partial charge in [0, 0.05) is 18.2 Å². The zero-order valence-electron chi connectivity index (χ0n) is 13.8. The highest BCUT2D eigenvalue weighted by molar-refractivity contribution is 7.71. The number of carbonyl (C=O) groups is 2. The van der Waals surface area contributed by atoms with E-state index in [9.17, 15) is 9.59 Å². The molecule has 7 heteroatoms. The molecule has 0 aliphatic carbocycles. The molecule has 1 aliphatic heterocycles. The number of carbonyl (C=O) groups excluding carboxylic acids is 2. The summed E-state index contributed by atoms with van der Waals surface area (Å²) in [4.78, 5) is 30.0. The average Bonchev–Trinajstić information content (AvgIpc) is 2.93. The molecule has 0 radical (unpaired) electrons. The molecule has 0 spiro atoms. The predicted molar refractivity (Wildman–Crippen MR) is 93.4 cm³/mol. The summed E-state index contributed by atoms with van der Waals surface area (Å²) < 4.78 is 5.32. The van der Waals surface area contributed by atoms with Crippen molar-refractivity contribution in [3.05, 3.63) is 28.6 Å². The highest BCUT2D eigenvalue weighted by Crippen LogP contribution is 2.18. The van der Waals surface area contributed by atoms with Gasteiger partial charge in [-0.05, 0) is 63.5 Å². The fraction of sp³-hybridized carbons (Fsp3) is 0.471. The van der Waals surface area contributed by atoms with Crippen molar-refractivity contribution in [2.45, 2.75) is 45.2 Å². The lowest BCUT2D eigenvalue weighted by Gasteiger charge is -2.35. The number of likely N-dealkylation sites (tertiary alicyclic amines) is 1. The van der Waals surface area contributed by atoms with Gasteiger partial charge in [0.15, 0.2) is 5.58 Å². The van der Waals surface area contributed by atoms with E-state index in [4.69, 9.17) is 16.6 Å². The summed E-state index contributed by atoms with van der Waals surface area (Å²) >= 11 is 4.94. The Morgan fingerprint density at radius 2 is 2.21 bits per heavy atom. The average molecular weight is 347 g/mol. The SMILES string of the molecule is C[C@H](NC(=O)c1ccc2[nH]c(=S)oc2c1)C(=O)N1CCCC[C@H]1C. The third-order valence-corrected chi connectivity index (χ3v) is 4.67. The first kappa shape index (κ1) is 16.7. The number of hydrogen-bond donors (Lipinski definition) is 2. The fourth-order valence-corrected chi connectivity index (χ4v) is 3.30. The molecule has 0 unspecified atom stereocenters. The zero-order valence-corrected chi connectivity index (χ0v) is 14.6. The lowest BCUT2D eigenvalue weighted by Crippen LogP contribution is -2.51. The molecule has 2 heterocycles. The zero-order chi connectivity index (χ0) is 17.3. The van der Waals surface area contributed by atoms with Gasteiger partial charge in [0.2, 0.25) is 5.91 Å². The first-order chi connectivity index (χ1) is 11.5. The molecule has 24 heavy (non-hydrogen) atoms. The Morgan fingerprint density at radius 3 is 2.96 bits per heavy atom. The molecule has 1 aliphatic rings. The lowest BCUT2D eigenvalue weighted by molar-refractivity contribution is -0.136. The number of aromatic amines is 1. The first-order valence-corrected chi connectivity index (χ1v) is 8.61. The molecule has 0 saturated carbocycles. The van der Waals surface area contributed by atoms with Crippen LogP contribution in [-0.4, -0.2) is 40.3 Å². The number of amides is 2. The molecule has 1 aromatic heterocycles. The van der Waals surface area contributed by atoms with Gasteiger partial charge in [-0.25, -0.2) is 0 Å². The van der Waals surface area contributed by atoms with Gasteiger partial charge in [0.05, 0.1) is 5.52 Å². The number of rotatable bonds is 3. The van der Waals surface area contributed by atoms with Crippen LogP contribution in [0.3, 0.4) is 0 Å². The van der Waals surface area contributed by atoms with E-state index in [0.29, 0.717) is 11.1 Å². The van der Waals surface area contributed by atoms with Gasteiger partial charge in [0.1, 0.15) is 6.04 Å². The Labute approximate surface area is 145 Å². The van der Waals surface area contributed by atoms with E-state index in [2.05, 4.69) is 17.2 Å². The molecule has 0 bridgehead atoms. The summed E-state index contributed by atoms with van der Waals surface area (Å²) in [5.41, 5.74) is 1.70. The van der Waals surface area contributed by atoms with Crippen molar-refractivity contribution >= 4 is 35.1 Å². The van der Waals surface area contributed by atoms with Crippen molar-refractivity contribution in [3.8, 4) is 0 Å². The van der Waals surface area contributed by atoms with Crippen LogP contribution in [0.15, 0.2) is 22.6 Å². The molecule has 3 rings (SSSR count). The fourth-order valence-electron chi connectivity index (χ4n) is 3.10. The smallest absolute Gasteiger partial charge is 0.266 e. The van der Waals surface area contributed by atoms with Crippen molar-refractivity contribution < 1.29 is 14.0 Å². The number of hydrogen-bond acceptors (Lipinski definition) is 4. The second-order valence-electron chi connectivity index (χ2n) is 6.30. The summed E-state index contributed by atoms with van der Waals surface area (Å²) in [7, 11) is 0. The van der Waals surface area contributed by atoms with E-state index in [1.54, 1.807) is 25.1 Å². The number of oxazole rings is 1. The third-order valence-electron chi connectivity index (χ3n) is 4.49. The third kappa shape index (κ3) is 3.36. The molecule has 2 amide bonds. The number of nitrogens with zero attached hydrogens (tertiary/aromatic N) is 1. The Balaban J connectivity index is 1.70. The number of aromatic nitrogens is 1. The van der Waals surface area contributed by atoms with Gasteiger partial charge >= 0.3 is 0 Å². The summed E-state index contributed by atoms with van der Waals surface area (Å²) in [6.45, 7) is 4.54. The van der Waals surface area contributed by atoms with E-state index in [1.807, 2.05) is 4.90 Å². The second kappa shape index (κ2) is 6.76. The van der Waals surface area contributed by atoms with Crippen LogP contribution >= 0.6 is 12.2 Å². The maximum Gasteiger partial charge on any atom is 0.266 e. The quantitative estimate of drug-likeness (QED) is 0.837. The Morgan fingerprint density at radius 1 is 1.42 bits per heavy atom. The number of fused-ring (bicyclic) bond motifs is 1. The van der Waals surface area contributed by atoms with Gasteiger partial charge in [-0.15, -0.1) is 0 Å². The first-order valence-electron chi connectivity index (χ1n) is 8.20. The molecule has 2 atom stereocenters. The normalized spacial score (nSPS) is 19.2. The summed E-state index contributed by atoms with van der Waals surface area (Å²) in [5.74, 6) is -0.333. The highest BCUT2D eigenvalue weighted by Gasteiger charge is 2.28. The monoisotopic (exact) mass is 347 g/mol. The minimum absolute atomic E-state index is 0.0317. The molecule has 1 saturated heterocycles. The summed E-state index contributed by atoms with van der Waals surface area (Å²) in [6.07, 6.45) is 3.18. The minimum atomic E-state index is -0.563. The van der Waals surface area contributed by atoms with Gasteiger partial charge in [-0.3, -0.25) is 9.59 Å². The summed E-state index contributed by atoms with van der Waals surface area (Å²) in [6, 6.07) is 4.71. The number of benzene rings is 1. The van der Waals surface area contributed by atoms with Crippen LogP contribution in [-0.2, 0) is 4.79 Å². The van der Waals surface area contributed by atoms with Gasteiger partial charge in [-0.2, -0.15) is 0 Å². The van der Waals surface area contributed by atoms with Crippen LogP contribution in [0.2, 0.25) is 0 Å². The maximum atomic E-state index is 12.6. The molecule has 2 N–H and O–H groups in total. The van der Waals surface area contributed by atoms with Gasteiger partial charge in [-0.1, -0.05) is 0 Å². The van der Waals surface area contributed by atoms with E-state index in [0.717, 1.165) is 31.3 Å². The highest BCUT2D eigenvalue weighted by atomic mass is 32.1. The van der Waals surface area contributed by atoms with E-state index in [1.165, 1.54) is 0 Å². The lowest BCUT2D eigenvalue weighted by atomic mass is 10.0. The van der Waals surface area contributed by atoms with E-state index in [-0.39, 0.29) is 22.7 Å². The standard InChI is InChI=1S/C17H21N3O3S/c1-10-5-3-4-8-20(10)16(22)11(2)18-15(21)12-6-7-13-14(9-12)23-17(24)19-13/h6-7,9-11H,3-5,8H2,1-2H3,(H,18,21)(H,19,24)/t10-,11+/m1/s1. The van der Waals surface area contributed by atoms with Gasteiger partial charge in [0.25, 0.3) is 10.7 Å². The molecule has 128 valence electrons. The topological polar surface area (TPSA) is 78.3 Å². The van der Waals surface area contributed by atoms with Crippen LogP contribution in [0.1, 0.15) is 43.5 Å². The maximum absolute atomic E-state index is 12.6. The second-order valence-corrected chi connectivity index (χ2v) is 6.67. The number of nitrogens with one attached hydrogen (secondary N) is 2. The number of piperidine rings is 1. The predicted octanol–water partition coefficient (Wildman–Crippen LogP) is 3.01. The molecule has 6 nitrogen and oxygen atoms in total. The van der Waals surface area contributed by atoms with Crippen LogP contribution in [0.4, 0.5) is 0 Å². The summed E-state index contributed by atoms with van der Waals surface area (Å²) in [5, 5.41) is 2.78.